The number of fused-ring (bicyclic) bond motifs is 1. The van der Waals surface area contributed by atoms with Crippen molar-refractivity contribution in [3.8, 4) is 22.8 Å². The normalized spacial score (nSPS) is 14.2. The maximum Gasteiger partial charge on any atom is 0.195 e. The molecule has 0 unspecified atom stereocenters. The van der Waals surface area contributed by atoms with E-state index in [2.05, 4.69) is 24.8 Å². The molecule has 28 heavy (non-hydrogen) atoms. The molecule has 0 radical (unpaired) electrons. The van der Waals surface area contributed by atoms with Gasteiger partial charge in [-0.2, -0.15) is 0 Å². The number of hydrogen-bond donors (Lipinski definition) is 1. The molecule has 1 N–H and O–H groups in total. The lowest BCUT2D eigenvalue weighted by Crippen LogP contribution is -2.31. The number of furan rings is 1. The van der Waals surface area contributed by atoms with E-state index in [1.807, 2.05) is 18.3 Å². The Hall–Kier alpha value is -3.32. The first-order valence-electron chi connectivity index (χ1n) is 9.15. The summed E-state index contributed by atoms with van der Waals surface area (Å²) in [5, 5.41) is 0. The third kappa shape index (κ3) is 3.32. The Morgan fingerprint density at radius 2 is 2.00 bits per heavy atom. The van der Waals surface area contributed by atoms with Crippen LogP contribution >= 0.6 is 0 Å². The third-order valence-electron chi connectivity index (χ3n) is 4.91. The second-order valence-electron chi connectivity index (χ2n) is 6.85. The summed E-state index contributed by atoms with van der Waals surface area (Å²) in [4.78, 5) is 19.2. The van der Waals surface area contributed by atoms with Crippen LogP contribution in [0.25, 0.3) is 22.8 Å². The molecule has 4 heterocycles. The summed E-state index contributed by atoms with van der Waals surface area (Å²) in [6.45, 7) is 2.38. The molecular formula is C21H18FN5O. The summed E-state index contributed by atoms with van der Waals surface area (Å²) in [5.41, 5.74) is 4.01. The zero-order valence-electron chi connectivity index (χ0n) is 15.1. The zero-order chi connectivity index (χ0) is 18.9. The first-order valence-corrected chi connectivity index (χ1v) is 9.15. The predicted octanol–water partition coefficient (Wildman–Crippen LogP) is 3.82. The van der Waals surface area contributed by atoms with Gasteiger partial charge in [-0.05, 0) is 42.0 Å². The van der Waals surface area contributed by atoms with Crippen molar-refractivity contribution in [3.05, 3.63) is 78.0 Å². The van der Waals surface area contributed by atoms with E-state index in [1.54, 1.807) is 24.6 Å². The van der Waals surface area contributed by atoms with Crippen LogP contribution in [0.2, 0.25) is 0 Å². The van der Waals surface area contributed by atoms with E-state index in [9.17, 15) is 4.39 Å². The minimum Gasteiger partial charge on any atom is -0.461 e. The van der Waals surface area contributed by atoms with Crippen molar-refractivity contribution >= 4 is 0 Å². The van der Waals surface area contributed by atoms with Gasteiger partial charge in [0.2, 0.25) is 0 Å². The molecule has 6 nitrogen and oxygen atoms in total. The zero-order valence-corrected chi connectivity index (χ0v) is 15.1. The Morgan fingerprint density at radius 3 is 2.82 bits per heavy atom. The number of nitrogens with zero attached hydrogens (tertiary/aromatic N) is 4. The number of imidazole rings is 1. The minimum atomic E-state index is -0.243. The van der Waals surface area contributed by atoms with Crippen molar-refractivity contribution in [2.75, 3.05) is 6.54 Å². The fraction of sp³-hybridized carbons (Fsp3) is 0.190. The van der Waals surface area contributed by atoms with E-state index in [-0.39, 0.29) is 5.82 Å². The number of hydrogen-bond acceptors (Lipinski definition) is 5. The monoisotopic (exact) mass is 375 g/mol. The lowest BCUT2D eigenvalue weighted by atomic mass is 10.1. The van der Waals surface area contributed by atoms with Gasteiger partial charge in [-0.1, -0.05) is 0 Å². The van der Waals surface area contributed by atoms with Crippen LogP contribution in [-0.2, 0) is 19.5 Å². The number of halogens is 1. The average Bonchev–Trinajstić information content (AvgIpc) is 3.41. The molecule has 7 heteroatoms. The number of rotatable bonds is 4. The van der Waals surface area contributed by atoms with E-state index >= 15 is 0 Å². The highest BCUT2D eigenvalue weighted by Gasteiger charge is 2.20. The van der Waals surface area contributed by atoms with Crippen molar-refractivity contribution in [2.45, 2.75) is 19.5 Å². The third-order valence-corrected chi connectivity index (χ3v) is 4.91. The van der Waals surface area contributed by atoms with Gasteiger partial charge in [-0.25, -0.2) is 19.3 Å². The molecule has 1 aromatic carbocycles. The van der Waals surface area contributed by atoms with Crippen LogP contribution in [0.3, 0.4) is 0 Å². The second-order valence-corrected chi connectivity index (χ2v) is 6.85. The molecule has 0 bridgehead atoms. The maximum atomic E-state index is 13.1. The van der Waals surface area contributed by atoms with Gasteiger partial charge in [0.15, 0.2) is 11.6 Å². The molecule has 1 aliphatic rings. The van der Waals surface area contributed by atoms with Gasteiger partial charge in [-0.3, -0.25) is 4.90 Å². The highest BCUT2D eigenvalue weighted by Crippen LogP contribution is 2.23. The largest absolute Gasteiger partial charge is 0.461 e. The molecule has 0 atom stereocenters. The topological polar surface area (TPSA) is 70.8 Å². The lowest BCUT2D eigenvalue weighted by Gasteiger charge is -2.27. The van der Waals surface area contributed by atoms with Crippen LogP contribution in [0.15, 0.2) is 59.5 Å². The van der Waals surface area contributed by atoms with Crippen molar-refractivity contribution in [1.29, 1.82) is 0 Å². The molecule has 0 amide bonds. The summed E-state index contributed by atoms with van der Waals surface area (Å²) in [6.07, 6.45) is 6.16. The summed E-state index contributed by atoms with van der Waals surface area (Å²) >= 11 is 0. The number of H-pyrrole nitrogens is 1. The van der Waals surface area contributed by atoms with Crippen LogP contribution in [0.4, 0.5) is 4.39 Å². The van der Waals surface area contributed by atoms with Crippen LogP contribution in [0.5, 0.6) is 0 Å². The van der Waals surface area contributed by atoms with E-state index in [0.717, 1.165) is 47.8 Å². The summed E-state index contributed by atoms with van der Waals surface area (Å²) in [7, 11) is 0. The first-order chi connectivity index (χ1) is 13.7. The SMILES string of the molecule is Fc1ccc(-c2cnc(CN3CCc4nc(-c5ccco5)ncc4C3)[nH]2)cc1. The lowest BCUT2D eigenvalue weighted by molar-refractivity contribution is 0.237. The molecule has 0 saturated heterocycles. The predicted molar refractivity (Wildman–Crippen MR) is 102 cm³/mol. The Bertz CT molecular complexity index is 1090. The number of aromatic amines is 1. The summed E-state index contributed by atoms with van der Waals surface area (Å²) < 4.78 is 18.5. The van der Waals surface area contributed by atoms with Gasteiger partial charge < -0.3 is 9.40 Å². The Labute approximate surface area is 161 Å². The van der Waals surface area contributed by atoms with Gasteiger partial charge in [0, 0.05) is 31.3 Å². The summed E-state index contributed by atoms with van der Waals surface area (Å²) in [6, 6.07) is 10.1. The summed E-state index contributed by atoms with van der Waals surface area (Å²) in [5.74, 6) is 1.96. The number of aromatic nitrogens is 4. The van der Waals surface area contributed by atoms with E-state index < -0.39 is 0 Å². The molecule has 3 aromatic heterocycles. The van der Waals surface area contributed by atoms with E-state index in [1.165, 1.54) is 12.1 Å². The molecule has 1 aliphatic heterocycles. The molecular weight excluding hydrogens is 357 g/mol. The standard InChI is InChI=1S/C21H18FN5O/c22-16-5-3-14(4-6-16)18-11-23-20(25-18)13-27-8-7-17-15(12-27)10-24-21(26-17)19-2-1-9-28-19/h1-6,9-11H,7-8,12-13H2,(H,23,25). The molecule has 0 spiro atoms. The van der Waals surface area contributed by atoms with Gasteiger partial charge in [-0.15, -0.1) is 0 Å². The fourth-order valence-corrected chi connectivity index (χ4v) is 3.46. The molecule has 0 fully saturated rings. The molecule has 5 rings (SSSR count). The quantitative estimate of drug-likeness (QED) is 0.587. The van der Waals surface area contributed by atoms with Crippen molar-refractivity contribution in [1.82, 2.24) is 24.8 Å². The van der Waals surface area contributed by atoms with Gasteiger partial charge in [0.25, 0.3) is 0 Å². The van der Waals surface area contributed by atoms with Crippen LogP contribution in [0, 0.1) is 5.82 Å². The number of nitrogens with one attached hydrogen (secondary N) is 1. The maximum absolute atomic E-state index is 13.1. The smallest absolute Gasteiger partial charge is 0.195 e. The van der Waals surface area contributed by atoms with Crippen molar-refractivity contribution in [2.24, 2.45) is 0 Å². The van der Waals surface area contributed by atoms with Gasteiger partial charge in [0.05, 0.1) is 30.4 Å². The van der Waals surface area contributed by atoms with Crippen molar-refractivity contribution < 1.29 is 8.81 Å². The van der Waals surface area contributed by atoms with Gasteiger partial charge >= 0.3 is 0 Å². The highest BCUT2D eigenvalue weighted by atomic mass is 19.1. The number of benzene rings is 1. The highest BCUT2D eigenvalue weighted by molar-refractivity contribution is 5.58. The average molecular weight is 375 g/mol. The fourth-order valence-electron chi connectivity index (χ4n) is 3.46. The Morgan fingerprint density at radius 1 is 1.11 bits per heavy atom. The minimum absolute atomic E-state index is 0.243. The first kappa shape index (κ1) is 16.8. The van der Waals surface area contributed by atoms with Crippen LogP contribution < -0.4 is 0 Å². The van der Waals surface area contributed by atoms with E-state index in [4.69, 9.17) is 4.42 Å². The Kier molecular flexibility index (Phi) is 4.21. The van der Waals surface area contributed by atoms with Gasteiger partial charge in [0.1, 0.15) is 11.6 Å². The molecule has 0 aliphatic carbocycles. The van der Waals surface area contributed by atoms with E-state index in [0.29, 0.717) is 18.1 Å². The molecule has 4 aromatic rings. The molecule has 0 saturated carbocycles. The van der Waals surface area contributed by atoms with Crippen molar-refractivity contribution in [3.63, 3.8) is 0 Å². The van der Waals surface area contributed by atoms with Crippen LogP contribution in [0.1, 0.15) is 17.1 Å². The van der Waals surface area contributed by atoms with Crippen LogP contribution in [-0.4, -0.2) is 31.4 Å². The molecule has 140 valence electrons. The Balaban J connectivity index is 1.29. The second kappa shape index (κ2) is 7.01.